The van der Waals surface area contributed by atoms with Crippen molar-refractivity contribution in [2.75, 3.05) is 0 Å². The van der Waals surface area contributed by atoms with Crippen molar-refractivity contribution in [3.63, 3.8) is 0 Å². The average molecular weight is 257 g/mol. The Morgan fingerprint density at radius 3 is 2.17 bits per heavy atom. The third kappa shape index (κ3) is 3.04. The largest absolute Gasteiger partial charge is 0.388 e. The molecule has 1 aromatic carbocycles. The number of carbonyl (C=O) groups is 1. The normalized spacial score (nSPS) is 12.4. The Morgan fingerprint density at radius 1 is 1.17 bits per heavy atom. The van der Waals surface area contributed by atoms with Gasteiger partial charge in [-0.1, -0.05) is 0 Å². The predicted molar refractivity (Wildman–Crippen MR) is 64.2 cm³/mol. The van der Waals surface area contributed by atoms with E-state index in [1.54, 1.807) is 27.7 Å². The summed E-state index contributed by atoms with van der Waals surface area (Å²) >= 11 is 0. The third-order valence-corrected chi connectivity index (χ3v) is 3.14. The minimum Gasteiger partial charge on any atom is -0.388 e. The molecule has 0 heterocycles. The molecule has 0 saturated heterocycles. The highest BCUT2D eigenvalue weighted by Crippen LogP contribution is 2.21. The molecule has 1 amide bonds. The molecule has 100 valence electrons. The highest BCUT2D eigenvalue weighted by molar-refractivity contribution is 5.94. The van der Waals surface area contributed by atoms with Gasteiger partial charge < -0.3 is 10.4 Å². The first-order valence-electron chi connectivity index (χ1n) is 5.54. The molecule has 0 saturated carbocycles. The lowest BCUT2D eigenvalue weighted by molar-refractivity contribution is -0.00293. The van der Waals surface area contributed by atoms with Gasteiger partial charge in [-0.3, -0.25) is 4.79 Å². The zero-order valence-electron chi connectivity index (χ0n) is 10.8. The molecular weight excluding hydrogens is 240 g/mol. The van der Waals surface area contributed by atoms with Crippen LogP contribution in [0.25, 0.3) is 0 Å². The molecule has 5 heteroatoms. The Bertz CT molecular complexity index is 465. The summed E-state index contributed by atoms with van der Waals surface area (Å²) in [7, 11) is 0. The van der Waals surface area contributed by atoms with E-state index in [1.165, 1.54) is 6.07 Å². The molecule has 0 aromatic heterocycles. The van der Waals surface area contributed by atoms with Crippen LogP contribution in [0.2, 0.25) is 0 Å². The van der Waals surface area contributed by atoms with Crippen LogP contribution in [0.3, 0.4) is 0 Å². The number of hydrogen-bond acceptors (Lipinski definition) is 2. The summed E-state index contributed by atoms with van der Waals surface area (Å²) in [5.74, 6) is -2.65. The topological polar surface area (TPSA) is 49.3 Å². The molecule has 0 atom stereocenters. The fourth-order valence-corrected chi connectivity index (χ4v) is 1.15. The van der Waals surface area contributed by atoms with Gasteiger partial charge in [0.2, 0.25) is 0 Å². The monoisotopic (exact) mass is 257 g/mol. The van der Waals surface area contributed by atoms with E-state index in [-0.39, 0.29) is 5.56 Å². The summed E-state index contributed by atoms with van der Waals surface area (Å²) in [5.41, 5.74) is -2.05. The third-order valence-electron chi connectivity index (χ3n) is 3.14. The number of benzene rings is 1. The molecule has 0 aliphatic carbocycles. The van der Waals surface area contributed by atoms with Gasteiger partial charge in [-0.2, -0.15) is 0 Å². The lowest BCUT2D eigenvalue weighted by Gasteiger charge is -2.38. The van der Waals surface area contributed by atoms with Gasteiger partial charge in [0.25, 0.3) is 5.91 Å². The predicted octanol–water partition coefficient (Wildman–Crippen LogP) is 2.24. The molecule has 0 aliphatic rings. The van der Waals surface area contributed by atoms with Crippen LogP contribution >= 0.6 is 0 Å². The van der Waals surface area contributed by atoms with Crippen molar-refractivity contribution in [1.82, 2.24) is 5.32 Å². The molecule has 0 spiro atoms. The summed E-state index contributed by atoms with van der Waals surface area (Å²) < 4.78 is 25.7. The Balaban J connectivity index is 2.93. The Labute approximate surface area is 105 Å². The van der Waals surface area contributed by atoms with E-state index in [2.05, 4.69) is 5.32 Å². The maximum absolute atomic E-state index is 13.0. The van der Waals surface area contributed by atoms with Gasteiger partial charge >= 0.3 is 0 Å². The maximum atomic E-state index is 13.0. The van der Waals surface area contributed by atoms with Crippen LogP contribution in [0.15, 0.2) is 18.2 Å². The summed E-state index contributed by atoms with van der Waals surface area (Å²) in [6.07, 6.45) is 0. The van der Waals surface area contributed by atoms with E-state index in [9.17, 15) is 18.7 Å². The highest BCUT2D eigenvalue weighted by Gasteiger charge is 2.36. The van der Waals surface area contributed by atoms with Crippen molar-refractivity contribution in [2.45, 2.75) is 38.8 Å². The first-order valence-corrected chi connectivity index (χ1v) is 5.54. The van der Waals surface area contributed by atoms with Crippen molar-refractivity contribution >= 4 is 5.91 Å². The second kappa shape index (κ2) is 4.65. The van der Waals surface area contributed by atoms with Gasteiger partial charge in [-0.15, -0.1) is 0 Å². The maximum Gasteiger partial charge on any atom is 0.251 e. The number of carbonyl (C=O) groups excluding carboxylic acids is 1. The number of halogens is 2. The molecule has 1 aromatic rings. The minimum absolute atomic E-state index is 0.00576. The summed E-state index contributed by atoms with van der Waals surface area (Å²) in [6.45, 7) is 6.40. The zero-order chi connectivity index (χ0) is 14.1. The fraction of sp³-hybridized carbons (Fsp3) is 0.462. The first-order chi connectivity index (χ1) is 8.04. The van der Waals surface area contributed by atoms with E-state index in [0.29, 0.717) is 0 Å². The highest BCUT2D eigenvalue weighted by atomic mass is 19.2. The second-order valence-corrected chi connectivity index (χ2v) is 5.27. The van der Waals surface area contributed by atoms with Crippen LogP contribution < -0.4 is 5.32 Å². The van der Waals surface area contributed by atoms with Crippen LogP contribution in [-0.2, 0) is 0 Å². The van der Waals surface area contributed by atoms with Gasteiger partial charge in [0.1, 0.15) is 0 Å². The average Bonchev–Trinajstić information content (AvgIpc) is 2.19. The van der Waals surface area contributed by atoms with Crippen LogP contribution in [-0.4, -0.2) is 22.2 Å². The van der Waals surface area contributed by atoms with Crippen LogP contribution in [0.5, 0.6) is 0 Å². The molecule has 1 rings (SSSR count). The Morgan fingerprint density at radius 2 is 1.72 bits per heavy atom. The van der Waals surface area contributed by atoms with Crippen LogP contribution in [0, 0.1) is 11.6 Å². The van der Waals surface area contributed by atoms with Gasteiger partial charge in [0.15, 0.2) is 11.6 Å². The number of rotatable bonds is 3. The fourth-order valence-electron chi connectivity index (χ4n) is 1.15. The van der Waals surface area contributed by atoms with Crippen molar-refractivity contribution in [3.8, 4) is 0 Å². The Kier molecular flexibility index (Phi) is 3.76. The quantitative estimate of drug-likeness (QED) is 0.872. The van der Waals surface area contributed by atoms with Crippen LogP contribution in [0.4, 0.5) is 8.78 Å². The van der Waals surface area contributed by atoms with Gasteiger partial charge in [-0.05, 0) is 45.9 Å². The summed E-state index contributed by atoms with van der Waals surface area (Å²) in [4.78, 5) is 11.9. The smallest absolute Gasteiger partial charge is 0.251 e. The number of amides is 1. The molecule has 0 fully saturated rings. The SMILES string of the molecule is CC(C)(O)C(C)(C)NC(=O)c1ccc(F)c(F)c1. The van der Waals surface area contributed by atoms with E-state index in [1.807, 2.05) is 0 Å². The summed E-state index contributed by atoms with van der Waals surface area (Å²) in [5, 5.41) is 12.5. The van der Waals surface area contributed by atoms with Crippen molar-refractivity contribution in [2.24, 2.45) is 0 Å². The first kappa shape index (κ1) is 14.6. The second-order valence-electron chi connectivity index (χ2n) is 5.27. The van der Waals surface area contributed by atoms with E-state index < -0.39 is 28.7 Å². The molecule has 2 N–H and O–H groups in total. The molecule has 0 aliphatic heterocycles. The van der Waals surface area contributed by atoms with Gasteiger partial charge in [-0.25, -0.2) is 8.78 Å². The van der Waals surface area contributed by atoms with E-state index >= 15 is 0 Å². The molecule has 3 nitrogen and oxygen atoms in total. The standard InChI is InChI=1S/C13H17F2NO2/c1-12(2,13(3,4)18)16-11(17)8-5-6-9(14)10(15)7-8/h5-7,18H,1-4H3,(H,16,17). The van der Waals surface area contributed by atoms with E-state index in [4.69, 9.17) is 0 Å². The lowest BCUT2D eigenvalue weighted by Crippen LogP contribution is -2.57. The van der Waals surface area contributed by atoms with E-state index in [0.717, 1.165) is 12.1 Å². The van der Waals surface area contributed by atoms with Crippen molar-refractivity contribution < 1.29 is 18.7 Å². The molecule has 0 radical (unpaired) electrons. The lowest BCUT2D eigenvalue weighted by atomic mass is 9.86. The molecular formula is C13H17F2NO2. The minimum atomic E-state index is -1.15. The molecule has 18 heavy (non-hydrogen) atoms. The number of hydrogen-bond donors (Lipinski definition) is 2. The van der Waals surface area contributed by atoms with Crippen molar-refractivity contribution in [3.05, 3.63) is 35.4 Å². The zero-order valence-corrected chi connectivity index (χ0v) is 10.8. The van der Waals surface area contributed by atoms with Crippen LogP contribution in [0.1, 0.15) is 38.1 Å². The van der Waals surface area contributed by atoms with Gasteiger partial charge in [0, 0.05) is 5.56 Å². The number of nitrogens with one attached hydrogen (secondary N) is 1. The molecule has 0 bridgehead atoms. The summed E-state index contributed by atoms with van der Waals surface area (Å²) in [6, 6.07) is 2.90. The number of aliphatic hydroxyl groups is 1. The molecule has 0 unspecified atom stereocenters. The Hall–Kier alpha value is -1.49. The van der Waals surface area contributed by atoms with Crippen molar-refractivity contribution in [1.29, 1.82) is 0 Å². The van der Waals surface area contributed by atoms with Gasteiger partial charge in [0.05, 0.1) is 11.1 Å².